The molecule has 1 aromatic heterocycles. The van der Waals surface area contributed by atoms with Gasteiger partial charge in [0.2, 0.25) is 0 Å². The Morgan fingerprint density at radius 2 is 1.40 bits per heavy atom. The lowest BCUT2D eigenvalue weighted by Gasteiger charge is -2.23. The van der Waals surface area contributed by atoms with E-state index in [0.717, 1.165) is 16.9 Å². The van der Waals surface area contributed by atoms with Crippen LogP contribution in [-0.4, -0.2) is 15.7 Å². The van der Waals surface area contributed by atoms with Crippen LogP contribution < -0.4 is 4.90 Å². The Bertz CT molecular complexity index is 1120. The quantitative estimate of drug-likeness (QED) is 0.439. The molecule has 1 amide bonds. The molecule has 3 aromatic carbocycles. The third-order valence-electron chi connectivity index (χ3n) is 4.72. The monoisotopic (exact) mass is 392 g/mol. The molecule has 30 heavy (non-hydrogen) atoms. The van der Waals surface area contributed by atoms with Gasteiger partial charge in [-0.25, -0.2) is 0 Å². The van der Waals surface area contributed by atoms with E-state index in [4.69, 9.17) is 5.26 Å². The minimum absolute atomic E-state index is 0.172. The Morgan fingerprint density at radius 3 is 1.93 bits per heavy atom. The first-order valence-corrected chi connectivity index (χ1v) is 9.72. The predicted octanol–water partition coefficient (Wildman–Crippen LogP) is 5.44. The van der Waals surface area contributed by atoms with E-state index in [9.17, 15) is 4.79 Å². The summed E-state index contributed by atoms with van der Waals surface area (Å²) in [4.78, 5) is 15.5. The van der Waals surface area contributed by atoms with Crippen molar-refractivity contribution in [3.8, 4) is 17.3 Å². The standard InChI is InChI=1S/C25H20N4O/c26-17-10-18-28-19-23(24(27-28)20-11-4-1-5-12-20)25(30)29(21-13-6-2-7-14-21)22-15-8-3-9-16-22/h1-9,11-16,19H,10,18H2. The van der Waals surface area contributed by atoms with Gasteiger partial charge in [-0.05, 0) is 24.3 Å². The van der Waals surface area contributed by atoms with E-state index in [1.165, 1.54) is 0 Å². The van der Waals surface area contributed by atoms with Crippen LogP contribution in [0.5, 0.6) is 0 Å². The van der Waals surface area contributed by atoms with Gasteiger partial charge in [0.05, 0.1) is 24.6 Å². The lowest BCUT2D eigenvalue weighted by molar-refractivity contribution is 0.1000. The zero-order valence-electron chi connectivity index (χ0n) is 16.3. The highest BCUT2D eigenvalue weighted by atomic mass is 16.2. The largest absolute Gasteiger partial charge is 0.277 e. The van der Waals surface area contributed by atoms with Crippen LogP contribution in [0.1, 0.15) is 16.8 Å². The molecule has 0 saturated carbocycles. The molecule has 0 atom stereocenters. The third kappa shape index (κ3) is 3.98. The van der Waals surface area contributed by atoms with Crippen LogP contribution in [0.25, 0.3) is 11.3 Å². The van der Waals surface area contributed by atoms with Crippen molar-refractivity contribution >= 4 is 17.3 Å². The molecule has 146 valence electrons. The summed E-state index contributed by atoms with van der Waals surface area (Å²) in [5.41, 5.74) is 3.51. The molecule has 5 nitrogen and oxygen atoms in total. The molecule has 0 radical (unpaired) electrons. The summed E-state index contributed by atoms with van der Waals surface area (Å²) in [5, 5.41) is 13.6. The summed E-state index contributed by atoms with van der Waals surface area (Å²) in [6.45, 7) is 0.431. The van der Waals surface area contributed by atoms with Crippen LogP contribution in [0.15, 0.2) is 97.2 Å². The fourth-order valence-corrected chi connectivity index (χ4v) is 3.32. The molecule has 0 aliphatic rings. The number of benzene rings is 3. The number of nitrogens with zero attached hydrogens (tertiary/aromatic N) is 4. The number of anilines is 2. The molecule has 0 N–H and O–H groups in total. The van der Waals surface area contributed by atoms with Crippen LogP contribution in [0.3, 0.4) is 0 Å². The molecular weight excluding hydrogens is 372 g/mol. The number of nitriles is 1. The first-order valence-electron chi connectivity index (χ1n) is 9.72. The van der Waals surface area contributed by atoms with Crippen LogP contribution >= 0.6 is 0 Å². The van der Waals surface area contributed by atoms with Crippen molar-refractivity contribution < 1.29 is 4.79 Å². The minimum atomic E-state index is -0.172. The first-order chi connectivity index (χ1) is 14.8. The highest BCUT2D eigenvalue weighted by molar-refractivity contribution is 6.13. The van der Waals surface area contributed by atoms with Gasteiger partial charge in [-0.2, -0.15) is 10.4 Å². The maximum atomic E-state index is 13.8. The molecule has 0 bridgehead atoms. The molecule has 0 aliphatic carbocycles. The zero-order valence-corrected chi connectivity index (χ0v) is 16.3. The van der Waals surface area contributed by atoms with Crippen molar-refractivity contribution in [1.29, 1.82) is 5.26 Å². The Hall–Kier alpha value is -4.17. The van der Waals surface area contributed by atoms with Gasteiger partial charge >= 0.3 is 0 Å². The molecule has 4 rings (SSSR count). The van der Waals surface area contributed by atoms with Gasteiger partial charge in [-0.15, -0.1) is 0 Å². The van der Waals surface area contributed by atoms with Crippen molar-refractivity contribution in [2.24, 2.45) is 0 Å². The van der Waals surface area contributed by atoms with Gasteiger partial charge in [-0.3, -0.25) is 14.4 Å². The summed E-state index contributed by atoms with van der Waals surface area (Å²) in [6, 6.07) is 30.9. The molecule has 0 saturated heterocycles. The van der Waals surface area contributed by atoms with Crippen LogP contribution in [0.4, 0.5) is 11.4 Å². The Morgan fingerprint density at radius 1 is 0.867 bits per heavy atom. The first kappa shape index (κ1) is 19.2. The second-order valence-corrected chi connectivity index (χ2v) is 6.74. The molecule has 0 spiro atoms. The van der Waals surface area contributed by atoms with Crippen LogP contribution in [-0.2, 0) is 6.54 Å². The van der Waals surface area contributed by atoms with Crippen molar-refractivity contribution in [2.75, 3.05) is 4.90 Å². The summed E-state index contributed by atoms with van der Waals surface area (Å²) >= 11 is 0. The molecule has 0 aliphatic heterocycles. The van der Waals surface area contributed by atoms with Gasteiger partial charge in [0.15, 0.2) is 0 Å². The minimum Gasteiger partial charge on any atom is -0.277 e. The Labute approximate surface area is 175 Å². The average molecular weight is 392 g/mol. The molecule has 5 heteroatoms. The molecule has 0 unspecified atom stereocenters. The number of aryl methyl sites for hydroxylation is 1. The smallest absolute Gasteiger partial charge is 0.266 e. The van der Waals surface area contributed by atoms with Crippen molar-refractivity contribution in [2.45, 2.75) is 13.0 Å². The number of carbonyl (C=O) groups excluding carboxylic acids is 1. The van der Waals surface area contributed by atoms with Crippen molar-refractivity contribution in [3.05, 3.63) is 103 Å². The van der Waals surface area contributed by atoms with Crippen molar-refractivity contribution in [3.63, 3.8) is 0 Å². The number of hydrogen-bond donors (Lipinski definition) is 0. The van der Waals surface area contributed by atoms with E-state index in [1.54, 1.807) is 15.8 Å². The summed E-state index contributed by atoms with van der Waals surface area (Å²) in [5.74, 6) is -0.172. The molecule has 4 aromatic rings. The highest BCUT2D eigenvalue weighted by Crippen LogP contribution is 2.30. The Kier molecular flexibility index (Phi) is 5.68. The van der Waals surface area contributed by atoms with Gasteiger partial charge in [0.25, 0.3) is 5.91 Å². The van der Waals surface area contributed by atoms with Crippen LogP contribution in [0.2, 0.25) is 0 Å². The lowest BCUT2D eigenvalue weighted by atomic mass is 10.1. The average Bonchev–Trinajstić information content (AvgIpc) is 3.24. The maximum Gasteiger partial charge on any atom is 0.266 e. The van der Waals surface area contributed by atoms with Gasteiger partial charge in [-0.1, -0.05) is 66.7 Å². The van der Waals surface area contributed by atoms with E-state index in [1.807, 2.05) is 91.0 Å². The highest BCUT2D eigenvalue weighted by Gasteiger charge is 2.25. The number of aromatic nitrogens is 2. The van der Waals surface area contributed by atoms with Gasteiger partial charge in [0, 0.05) is 23.1 Å². The number of para-hydroxylation sites is 2. The fraction of sp³-hybridized carbons (Fsp3) is 0.0800. The lowest BCUT2D eigenvalue weighted by Crippen LogP contribution is -2.26. The van der Waals surface area contributed by atoms with Gasteiger partial charge in [0.1, 0.15) is 5.69 Å². The molecule has 1 heterocycles. The second kappa shape index (κ2) is 8.89. The van der Waals surface area contributed by atoms with E-state index in [-0.39, 0.29) is 5.91 Å². The third-order valence-corrected chi connectivity index (χ3v) is 4.72. The predicted molar refractivity (Wildman–Crippen MR) is 117 cm³/mol. The van der Waals surface area contributed by atoms with E-state index in [2.05, 4.69) is 11.2 Å². The summed E-state index contributed by atoms with van der Waals surface area (Å²) in [6.07, 6.45) is 2.06. The zero-order chi connectivity index (χ0) is 20.8. The van der Waals surface area contributed by atoms with E-state index < -0.39 is 0 Å². The number of carbonyl (C=O) groups is 1. The Balaban J connectivity index is 1.83. The number of amides is 1. The molecule has 0 fully saturated rings. The number of rotatable bonds is 6. The van der Waals surface area contributed by atoms with E-state index in [0.29, 0.717) is 24.2 Å². The van der Waals surface area contributed by atoms with Crippen LogP contribution in [0, 0.1) is 11.3 Å². The van der Waals surface area contributed by atoms with Gasteiger partial charge < -0.3 is 0 Å². The number of hydrogen-bond acceptors (Lipinski definition) is 3. The van der Waals surface area contributed by atoms with E-state index >= 15 is 0 Å². The topological polar surface area (TPSA) is 61.9 Å². The van der Waals surface area contributed by atoms with Crippen molar-refractivity contribution in [1.82, 2.24) is 9.78 Å². The normalized spacial score (nSPS) is 10.4. The second-order valence-electron chi connectivity index (χ2n) is 6.74. The summed E-state index contributed by atoms with van der Waals surface area (Å²) < 4.78 is 1.67. The summed E-state index contributed by atoms with van der Waals surface area (Å²) in [7, 11) is 0. The molecular formula is C25H20N4O. The SMILES string of the molecule is N#CCCn1cc(C(=O)N(c2ccccc2)c2ccccc2)c(-c2ccccc2)n1. The maximum absolute atomic E-state index is 13.8. The fourth-order valence-electron chi connectivity index (χ4n) is 3.32.